The second-order valence-corrected chi connectivity index (χ2v) is 5.52. The van der Waals surface area contributed by atoms with Gasteiger partial charge in [0.15, 0.2) is 23.0 Å². The molecule has 0 saturated heterocycles. The molecular formula is C20H20O6. The molecule has 0 atom stereocenters. The molecule has 0 aliphatic carbocycles. The fraction of sp³-hybridized carbons (Fsp3) is 0.150. The molecule has 0 aromatic heterocycles. The molecule has 0 amide bonds. The van der Waals surface area contributed by atoms with Crippen molar-refractivity contribution in [3.63, 3.8) is 0 Å². The number of hydrogen-bond acceptors (Lipinski definition) is 6. The van der Waals surface area contributed by atoms with Gasteiger partial charge in [0.2, 0.25) is 0 Å². The number of aromatic hydroxyl groups is 4. The van der Waals surface area contributed by atoms with E-state index in [1.54, 1.807) is 18.2 Å². The van der Waals surface area contributed by atoms with Crippen LogP contribution in [0.5, 0.6) is 23.0 Å². The van der Waals surface area contributed by atoms with Crippen LogP contribution in [0.4, 0.5) is 0 Å². The summed E-state index contributed by atoms with van der Waals surface area (Å²) < 4.78 is 4.95. The standard InChI is InChI=1S/C20H20O6/c1-2-11-26-19(24)10-6-14-5-9-17(22)20(25)15(14)7-3-13-4-8-16(21)18(23)12-13/h3-10,12,21-23,25H,2,11H2,1H3/b7-3+,10-6+. The van der Waals surface area contributed by atoms with Crippen LogP contribution in [0.3, 0.4) is 0 Å². The summed E-state index contributed by atoms with van der Waals surface area (Å²) in [7, 11) is 0. The Morgan fingerprint density at radius 2 is 1.69 bits per heavy atom. The average Bonchev–Trinajstić information content (AvgIpc) is 2.62. The van der Waals surface area contributed by atoms with Crippen LogP contribution in [0, 0.1) is 0 Å². The van der Waals surface area contributed by atoms with Crippen LogP contribution < -0.4 is 0 Å². The third-order valence-electron chi connectivity index (χ3n) is 3.52. The molecule has 136 valence electrons. The molecule has 0 bridgehead atoms. The Balaban J connectivity index is 2.32. The Bertz CT molecular complexity index is 852. The summed E-state index contributed by atoms with van der Waals surface area (Å²) in [6.07, 6.45) is 6.54. The van der Waals surface area contributed by atoms with Gasteiger partial charge in [0.25, 0.3) is 0 Å². The lowest BCUT2D eigenvalue weighted by molar-refractivity contribution is -0.137. The summed E-state index contributed by atoms with van der Waals surface area (Å²) in [6.45, 7) is 2.21. The molecule has 0 heterocycles. The molecule has 26 heavy (non-hydrogen) atoms. The largest absolute Gasteiger partial charge is 0.504 e. The molecular weight excluding hydrogens is 336 g/mol. The number of carbonyl (C=O) groups excluding carboxylic acids is 1. The van der Waals surface area contributed by atoms with Gasteiger partial charge in [-0.3, -0.25) is 0 Å². The van der Waals surface area contributed by atoms with Gasteiger partial charge in [0, 0.05) is 11.6 Å². The molecule has 0 saturated carbocycles. The number of benzene rings is 2. The molecule has 0 spiro atoms. The zero-order chi connectivity index (χ0) is 19.1. The summed E-state index contributed by atoms with van der Waals surface area (Å²) in [5.41, 5.74) is 1.35. The van der Waals surface area contributed by atoms with Crippen LogP contribution in [-0.2, 0) is 9.53 Å². The van der Waals surface area contributed by atoms with Crippen molar-refractivity contribution < 1.29 is 30.0 Å². The molecule has 6 heteroatoms. The molecule has 2 aromatic carbocycles. The van der Waals surface area contributed by atoms with Crippen LogP contribution in [-0.4, -0.2) is 33.0 Å². The number of ether oxygens (including phenoxy) is 1. The van der Waals surface area contributed by atoms with Crippen LogP contribution >= 0.6 is 0 Å². The van der Waals surface area contributed by atoms with E-state index in [0.717, 1.165) is 0 Å². The average molecular weight is 356 g/mol. The first-order chi connectivity index (χ1) is 12.4. The van der Waals surface area contributed by atoms with Crippen LogP contribution in [0.1, 0.15) is 30.0 Å². The monoisotopic (exact) mass is 356 g/mol. The summed E-state index contributed by atoms with van der Waals surface area (Å²) >= 11 is 0. The van der Waals surface area contributed by atoms with Gasteiger partial charge in [-0.1, -0.05) is 25.1 Å². The zero-order valence-corrected chi connectivity index (χ0v) is 14.2. The van der Waals surface area contributed by atoms with E-state index < -0.39 is 5.97 Å². The van der Waals surface area contributed by atoms with E-state index in [9.17, 15) is 25.2 Å². The summed E-state index contributed by atoms with van der Waals surface area (Å²) in [5.74, 6) is -1.65. The van der Waals surface area contributed by atoms with Crippen molar-refractivity contribution in [2.45, 2.75) is 13.3 Å². The maximum absolute atomic E-state index is 11.6. The van der Waals surface area contributed by atoms with E-state index >= 15 is 0 Å². The Hall–Kier alpha value is -3.41. The Morgan fingerprint density at radius 1 is 0.962 bits per heavy atom. The van der Waals surface area contributed by atoms with Crippen LogP contribution in [0.15, 0.2) is 36.4 Å². The van der Waals surface area contributed by atoms with E-state index in [1.807, 2.05) is 6.92 Å². The predicted molar refractivity (Wildman–Crippen MR) is 98.8 cm³/mol. The SMILES string of the molecule is CCCOC(=O)/C=C/c1ccc(O)c(O)c1/C=C/c1ccc(O)c(O)c1. The van der Waals surface area contributed by atoms with E-state index in [4.69, 9.17) is 4.74 Å². The maximum atomic E-state index is 11.6. The van der Waals surface area contributed by atoms with Gasteiger partial charge in [0.1, 0.15) is 0 Å². The number of phenolic OH excluding ortho intramolecular Hbond substituents is 4. The first kappa shape index (κ1) is 18.9. The Kier molecular flexibility index (Phi) is 6.27. The second-order valence-electron chi connectivity index (χ2n) is 5.52. The molecule has 2 aromatic rings. The predicted octanol–water partition coefficient (Wildman–Crippen LogP) is 3.65. The highest BCUT2D eigenvalue weighted by Crippen LogP contribution is 2.34. The first-order valence-electron chi connectivity index (χ1n) is 8.02. The van der Waals surface area contributed by atoms with Crippen molar-refractivity contribution in [3.8, 4) is 23.0 Å². The van der Waals surface area contributed by atoms with Gasteiger partial charge < -0.3 is 25.2 Å². The maximum Gasteiger partial charge on any atom is 0.330 e. The highest BCUT2D eigenvalue weighted by Gasteiger charge is 2.09. The zero-order valence-electron chi connectivity index (χ0n) is 14.2. The van der Waals surface area contributed by atoms with Gasteiger partial charge in [-0.2, -0.15) is 0 Å². The van der Waals surface area contributed by atoms with Crippen molar-refractivity contribution in [3.05, 3.63) is 53.1 Å². The lowest BCUT2D eigenvalue weighted by Gasteiger charge is -2.07. The van der Waals surface area contributed by atoms with Gasteiger partial charge in [0.05, 0.1) is 6.61 Å². The van der Waals surface area contributed by atoms with E-state index in [-0.39, 0.29) is 28.6 Å². The fourth-order valence-electron chi connectivity index (χ4n) is 2.16. The van der Waals surface area contributed by atoms with Crippen molar-refractivity contribution in [1.82, 2.24) is 0 Å². The summed E-state index contributed by atoms with van der Waals surface area (Å²) in [4.78, 5) is 11.6. The second kappa shape index (κ2) is 8.62. The summed E-state index contributed by atoms with van der Waals surface area (Å²) in [6, 6.07) is 7.12. The highest BCUT2D eigenvalue weighted by atomic mass is 16.5. The highest BCUT2D eigenvalue weighted by molar-refractivity contribution is 5.89. The van der Waals surface area contributed by atoms with Crippen molar-refractivity contribution in [2.24, 2.45) is 0 Å². The van der Waals surface area contributed by atoms with Gasteiger partial charge in [-0.25, -0.2) is 4.79 Å². The molecule has 0 aliphatic rings. The number of carbonyl (C=O) groups is 1. The first-order valence-corrected chi connectivity index (χ1v) is 8.02. The molecule has 0 radical (unpaired) electrons. The van der Waals surface area contributed by atoms with Gasteiger partial charge in [-0.15, -0.1) is 0 Å². The Labute approximate surface area is 150 Å². The molecule has 6 nitrogen and oxygen atoms in total. The van der Waals surface area contributed by atoms with E-state index in [0.29, 0.717) is 24.2 Å². The third kappa shape index (κ3) is 4.80. The van der Waals surface area contributed by atoms with Gasteiger partial charge >= 0.3 is 5.97 Å². The minimum Gasteiger partial charge on any atom is -0.504 e. The minimum absolute atomic E-state index is 0.239. The molecule has 0 fully saturated rings. The molecule has 0 unspecified atom stereocenters. The molecule has 2 rings (SSSR count). The quantitative estimate of drug-likeness (QED) is 0.272. The molecule has 4 N–H and O–H groups in total. The normalized spacial score (nSPS) is 11.3. The van der Waals surface area contributed by atoms with Gasteiger partial charge in [-0.05, 0) is 47.9 Å². The van der Waals surface area contributed by atoms with Crippen LogP contribution in [0.25, 0.3) is 18.2 Å². The third-order valence-corrected chi connectivity index (χ3v) is 3.52. The molecule has 0 aliphatic heterocycles. The van der Waals surface area contributed by atoms with Crippen LogP contribution in [0.2, 0.25) is 0 Å². The minimum atomic E-state index is -0.502. The van der Waals surface area contributed by atoms with E-state index in [2.05, 4.69) is 0 Å². The number of hydrogen-bond donors (Lipinski definition) is 4. The topological polar surface area (TPSA) is 107 Å². The van der Waals surface area contributed by atoms with Crippen molar-refractivity contribution in [2.75, 3.05) is 6.61 Å². The van der Waals surface area contributed by atoms with E-state index in [1.165, 1.54) is 36.4 Å². The van der Waals surface area contributed by atoms with Crippen molar-refractivity contribution in [1.29, 1.82) is 0 Å². The lowest BCUT2D eigenvalue weighted by atomic mass is 10.0. The van der Waals surface area contributed by atoms with Crippen molar-refractivity contribution >= 4 is 24.2 Å². The Morgan fingerprint density at radius 3 is 2.38 bits per heavy atom. The number of esters is 1. The lowest BCUT2D eigenvalue weighted by Crippen LogP contribution is -2.00. The smallest absolute Gasteiger partial charge is 0.330 e. The fourth-order valence-corrected chi connectivity index (χ4v) is 2.16. The number of rotatable bonds is 6. The number of phenols is 4. The summed E-state index contributed by atoms with van der Waals surface area (Å²) in [5, 5.41) is 38.7.